The van der Waals surface area contributed by atoms with E-state index in [1.54, 1.807) is 18.2 Å². The number of carbonyl (C=O) groups is 1. The van der Waals surface area contributed by atoms with Crippen molar-refractivity contribution in [3.05, 3.63) is 40.2 Å². The summed E-state index contributed by atoms with van der Waals surface area (Å²) < 4.78 is 20.9. The molecule has 2 aromatic rings. The lowest BCUT2D eigenvalue weighted by atomic mass is 10.0. The summed E-state index contributed by atoms with van der Waals surface area (Å²) in [5.74, 6) is 0.449. The maximum Gasteiger partial charge on any atom is 0.336 e. The summed E-state index contributed by atoms with van der Waals surface area (Å²) in [6.45, 7) is 1.54. The summed E-state index contributed by atoms with van der Waals surface area (Å²) in [6.07, 6.45) is -0.770. The van der Waals surface area contributed by atoms with Crippen molar-refractivity contribution < 1.29 is 23.4 Å². The third-order valence-corrected chi connectivity index (χ3v) is 3.28. The van der Waals surface area contributed by atoms with Gasteiger partial charge in [-0.15, -0.1) is 0 Å². The van der Waals surface area contributed by atoms with E-state index in [-0.39, 0.29) is 18.7 Å². The van der Waals surface area contributed by atoms with Crippen LogP contribution in [0.25, 0.3) is 11.0 Å². The van der Waals surface area contributed by atoms with Gasteiger partial charge in [-0.3, -0.25) is 4.79 Å². The average molecular weight is 290 g/mol. The maximum atomic E-state index is 11.4. The molecule has 0 amide bonds. The topological polar surface area (TPSA) is 78.3 Å². The summed E-state index contributed by atoms with van der Waals surface area (Å²) in [5.41, 5.74) is 0.725. The molecule has 0 radical (unpaired) electrons. The second-order valence-corrected chi connectivity index (χ2v) is 4.82. The first-order valence-electron chi connectivity index (χ1n) is 6.45. The van der Waals surface area contributed by atoms with E-state index in [0.717, 1.165) is 10.9 Å². The molecule has 6 heteroatoms. The van der Waals surface area contributed by atoms with Crippen LogP contribution < -0.4 is 10.4 Å². The lowest BCUT2D eigenvalue weighted by Gasteiger charge is -2.10. The predicted molar refractivity (Wildman–Crippen MR) is 73.3 cm³/mol. The largest absolute Gasteiger partial charge is 0.467 e. The fourth-order valence-corrected chi connectivity index (χ4v) is 2.24. The van der Waals surface area contributed by atoms with Crippen LogP contribution in [0.2, 0.25) is 0 Å². The minimum absolute atomic E-state index is 0.0302. The number of hydrogen-bond acceptors (Lipinski definition) is 6. The molecule has 0 aliphatic carbocycles. The first-order valence-corrected chi connectivity index (χ1v) is 6.45. The zero-order valence-corrected chi connectivity index (χ0v) is 11.6. The normalized spacial score (nSPS) is 20.5. The van der Waals surface area contributed by atoms with Crippen molar-refractivity contribution in [2.24, 2.45) is 0 Å². The molecule has 0 bridgehead atoms. The third kappa shape index (κ3) is 2.68. The highest BCUT2D eigenvalue weighted by Crippen LogP contribution is 2.44. The zero-order chi connectivity index (χ0) is 15.0. The molecule has 0 saturated carbocycles. The van der Waals surface area contributed by atoms with E-state index < -0.39 is 11.7 Å². The number of carbonyl (C=O) groups excluding carboxylic acids is 1. The van der Waals surface area contributed by atoms with Gasteiger partial charge in [0.1, 0.15) is 23.5 Å². The molecule has 1 fully saturated rings. The average Bonchev–Trinajstić information content (AvgIpc) is 3.24. The van der Waals surface area contributed by atoms with Gasteiger partial charge in [-0.05, 0) is 19.1 Å². The van der Waals surface area contributed by atoms with Crippen LogP contribution in [0.15, 0.2) is 33.5 Å². The van der Waals surface area contributed by atoms with Gasteiger partial charge in [-0.2, -0.15) is 0 Å². The van der Waals surface area contributed by atoms with Gasteiger partial charge in [-0.25, -0.2) is 4.79 Å². The molecular formula is C15H14O6. The van der Waals surface area contributed by atoms with E-state index in [1.807, 2.05) is 0 Å². The van der Waals surface area contributed by atoms with Crippen LogP contribution in [-0.2, 0) is 14.3 Å². The molecule has 1 saturated heterocycles. The number of rotatable bonds is 5. The minimum atomic E-state index is -0.442. The Morgan fingerprint density at radius 1 is 1.33 bits per heavy atom. The van der Waals surface area contributed by atoms with Crippen LogP contribution in [0, 0.1) is 0 Å². The van der Waals surface area contributed by atoms with Gasteiger partial charge in [0.15, 0.2) is 12.6 Å². The quantitative estimate of drug-likeness (QED) is 0.474. The molecule has 6 nitrogen and oxygen atoms in total. The molecule has 1 aliphatic heterocycles. The Labute approximate surface area is 120 Å². The SMILES string of the molecule is COCOc1cc2oc(=O)ccc2cc1[C@H]1O[C@@H]1C(C)=O. The molecule has 110 valence electrons. The molecule has 1 aromatic heterocycles. The summed E-state index contributed by atoms with van der Waals surface area (Å²) in [6, 6.07) is 6.43. The second-order valence-electron chi connectivity index (χ2n) is 4.82. The lowest BCUT2D eigenvalue weighted by Crippen LogP contribution is -2.05. The fraction of sp³-hybridized carbons (Fsp3) is 0.333. The van der Waals surface area contributed by atoms with Gasteiger partial charge in [0.05, 0.1) is 0 Å². The lowest BCUT2D eigenvalue weighted by molar-refractivity contribution is -0.118. The number of ketones is 1. The van der Waals surface area contributed by atoms with E-state index in [0.29, 0.717) is 11.3 Å². The molecule has 2 atom stereocenters. The smallest absolute Gasteiger partial charge is 0.336 e. The highest BCUT2D eigenvalue weighted by molar-refractivity contribution is 5.85. The van der Waals surface area contributed by atoms with Crippen LogP contribution >= 0.6 is 0 Å². The predicted octanol–water partition coefficient (Wildman–Crippen LogP) is 1.80. The summed E-state index contributed by atoms with van der Waals surface area (Å²) in [7, 11) is 1.51. The van der Waals surface area contributed by atoms with Gasteiger partial charge >= 0.3 is 5.63 Å². The molecular weight excluding hydrogens is 276 g/mol. The Bertz CT molecular complexity index is 747. The Morgan fingerprint density at radius 3 is 2.81 bits per heavy atom. The molecule has 0 unspecified atom stereocenters. The fourth-order valence-electron chi connectivity index (χ4n) is 2.24. The first kappa shape index (κ1) is 13.8. The van der Waals surface area contributed by atoms with Crippen LogP contribution in [0.3, 0.4) is 0 Å². The van der Waals surface area contributed by atoms with Crippen LogP contribution in [0.5, 0.6) is 5.75 Å². The van der Waals surface area contributed by atoms with E-state index >= 15 is 0 Å². The van der Waals surface area contributed by atoms with E-state index in [1.165, 1.54) is 20.1 Å². The van der Waals surface area contributed by atoms with Crippen molar-refractivity contribution in [1.29, 1.82) is 0 Å². The van der Waals surface area contributed by atoms with Gasteiger partial charge < -0.3 is 18.6 Å². The zero-order valence-electron chi connectivity index (χ0n) is 11.6. The summed E-state index contributed by atoms with van der Waals surface area (Å²) in [4.78, 5) is 22.7. The Hall–Kier alpha value is -2.18. The molecule has 21 heavy (non-hydrogen) atoms. The van der Waals surface area contributed by atoms with Crippen molar-refractivity contribution in [2.45, 2.75) is 19.1 Å². The van der Waals surface area contributed by atoms with Gasteiger partial charge in [0, 0.05) is 30.2 Å². The van der Waals surface area contributed by atoms with Crippen molar-refractivity contribution in [3.63, 3.8) is 0 Å². The highest BCUT2D eigenvalue weighted by atomic mass is 16.7. The molecule has 0 spiro atoms. The Morgan fingerprint density at radius 2 is 2.14 bits per heavy atom. The number of epoxide rings is 1. The Balaban J connectivity index is 2.05. The highest BCUT2D eigenvalue weighted by Gasteiger charge is 2.45. The molecule has 2 heterocycles. The van der Waals surface area contributed by atoms with E-state index in [2.05, 4.69) is 0 Å². The van der Waals surface area contributed by atoms with Gasteiger partial charge in [0.25, 0.3) is 0 Å². The Kier molecular flexibility index (Phi) is 3.48. The standard InChI is InChI=1S/C15H14O6/c1-8(16)14-15(21-14)10-5-9-3-4-13(17)20-11(9)6-12(10)19-7-18-2/h3-6,14-15H,7H2,1-2H3/t14-,15-/m1/s1. The minimum Gasteiger partial charge on any atom is -0.467 e. The molecule has 3 rings (SSSR count). The number of ether oxygens (including phenoxy) is 3. The van der Waals surface area contributed by atoms with Gasteiger partial charge in [-0.1, -0.05) is 0 Å². The molecule has 0 N–H and O–H groups in total. The van der Waals surface area contributed by atoms with Crippen LogP contribution in [0.4, 0.5) is 0 Å². The molecule has 1 aromatic carbocycles. The van der Waals surface area contributed by atoms with Crippen molar-refractivity contribution >= 4 is 16.8 Å². The number of Topliss-reactive ketones (excluding diaryl/α,β-unsaturated/α-hetero) is 1. The number of benzene rings is 1. The second kappa shape index (κ2) is 5.31. The third-order valence-electron chi connectivity index (χ3n) is 3.28. The first-order chi connectivity index (χ1) is 10.1. The van der Waals surface area contributed by atoms with Crippen molar-refractivity contribution in [2.75, 3.05) is 13.9 Å². The number of fused-ring (bicyclic) bond motifs is 1. The number of methoxy groups -OCH3 is 1. The van der Waals surface area contributed by atoms with E-state index in [9.17, 15) is 9.59 Å². The van der Waals surface area contributed by atoms with Crippen molar-refractivity contribution in [1.82, 2.24) is 0 Å². The molecule has 1 aliphatic rings. The maximum absolute atomic E-state index is 11.4. The monoisotopic (exact) mass is 290 g/mol. The van der Waals surface area contributed by atoms with Gasteiger partial charge in [0.2, 0.25) is 0 Å². The summed E-state index contributed by atoms with van der Waals surface area (Å²) >= 11 is 0. The van der Waals surface area contributed by atoms with Crippen molar-refractivity contribution in [3.8, 4) is 5.75 Å². The van der Waals surface area contributed by atoms with Crippen LogP contribution in [0.1, 0.15) is 18.6 Å². The summed E-state index contributed by atoms with van der Waals surface area (Å²) in [5, 5.41) is 0.743. The number of hydrogen-bond donors (Lipinski definition) is 0. The van der Waals surface area contributed by atoms with Crippen LogP contribution in [-0.4, -0.2) is 25.8 Å². The van der Waals surface area contributed by atoms with E-state index in [4.69, 9.17) is 18.6 Å².